The number of nitrogens with one attached hydrogen (secondary N) is 2. The van der Waals surface area contributed by atoms with Gasteiger partial charge in [0.05, 0.1) is 6.21 Å². The van der Waals surface area contributed by atoms with Crippen LogP contribution in [0, 0.1) is 5.92 Å². The second-order valence-electron chi connectivity index (χ2n) is 6.22. The molecule has 0 aliphatic carbocycles. The zero-order valence-corrected chi connectivity index (χ0v) is 16.0. The number of nitrogens with zero attached hydrogens (tertiary/aromatic N) is 1. The van der Waals surface area contributed by atoms with Crippen molar-refractivity contribution in [3.63, 3.8) is 0 Å². The fraction of sp³-hybridized carbons (Fsp3) is 0.250. The van der Waals surface area contributed by atoms with Gasteiger partial charge >= 0.3 is 11.8 Å². The van der Waals surface area contributed by atoms with Crippen LogP contribution in [-0.2, 0) is 16.2 Å². The highest BCUT2D eigenvalue weighted by atomic mass is 35.5. The Balaban J connectivity index is 1.95. The van der Waals surface area contributed by atoms with Crippen molar-refractivity contribution < 1.29 is 14.3 Å². The number of rotatable bonds is 7. The number of halogens is 1. The summed E-state index contributed by atoms with van der Waals surface area (Å²) in [4.78, 5) is 23.3. The molecular formula is C20H22ClN3O3. The van der Waals surface area contributed by atoms with Gasteiger partial charge in [0.2, 0.25) is 0 Å². The quantitative estimate of drug-likeness (QED) is 0.435. The summed E-state index contributed by atoms with van der Waals surface area (Å²) in [6.45, 7) is 4.61. The second kappa shape index (κ2) is 10.3. The van der Waals surface area contributed by atoms with E-state index in [9.17, 15) is 9.59 Å². The smallest absolute Gasteiger partial charge is 0.329 e. The summed E-state index contributed by atoms with van der Waals surface area (Å²) in [5.74, 6) is -0.697. The molecule has 7 heteroatoms. The molecule has 2 aromatic carbocycles. The number of hydrogen-bond acceptors (Lipinski definition) is 4. The maximum absolute atomic E-state index is 11.7. The van der Waals surface area contributed by atoms with Gasteiger partial charge in [0.15, 0.2) is 0 Å². The van der Waals surface area contributed by atoms with E-state index in [1.54, 1.807) is 18.2 Å². The van der Waals surface area contributed by atoms with Crippen LogP contribution in [0.5, 0.6) is 5.75 Å². The van der Waals surface area contributed by atoms with Crippen LogP contribution in [0.3, 0.4) is 0 Å². The Morgan fingerprint density at radius 1 is 1.11 bits per heavy atom. The van der Waals surface area contributed by atoms with Gasteiger partial charge in [0.1, 0.15) is 12.4 Å². The zero-order valence-electron chi connectivity index (χ0n) is 15.2. The van der Waals surface area contributed by atoms with Gasteiger partial charge in [-0.2, -0.15) is 5.10 Å². The first-order valence-electron chi connectivity index (χ1n) is 8.54. The molecular weight excluding hydrogens is 366 g/mol. The van der Waals surface area contributed by atoms with Crippen LogP contribution >= 0.6 is 11.6 Å². The number of hydrazone groups is 1. The van der Waals surface area contributed by atoms with Crippen LogP contribution in [0.1, 0.15) is 25.0 Å². The van der Waals surface area contributed by atoms with Crippen molar-refractivity contribution in [1.82, 2.24) is 10.7 Å². The Morgan fingerprint density at radius 3 is 2.56 bits per heavy atom. The molecule has 2 N–H and O–H groups in total. The predicted molar refractivity (Wildman–Crippen MR) is 106 cm³/mol. The molecule has 27 heavy (non-hydrogen) atoms. The number of para-hydroxylation sites is 1. The number of ether oxygens (including phenoxy) is 1. The molecule has 2 aromatic rings. The lowest BCUT2D eigenvalue weighted by Gasteiger charge is -2.10. The number of carbonyl (C=O) groups is 2. The fourth-order valence-electron chi connectivity index (χ4n) is 2.08. The van der Waals surface area contributed by atoms with E-state index in [0.717, 1.165) is 5.56 Å². The van der Waals surface area contributed by atoms with Crippen LogP contribution < -0.4 is 15.5 Å². The summed E-state index contributed by atoms with van der Waals surface area (Å²) < 4.78 is 5.81. The van der Waals surface area contributed by atoms with E-state index in [-0.39, 0.29) is 5.92 Å². The molecule has 0 spiro atoms. The molecule has 0 radical (unpaired) electrons. The Kier molecular flexibility index (Phi) is 7.82. The van der Waals surface area contributed by atoms with Gasteiger partial charge in [-0.1, -0.05) is 55.8 Å². The topological polar surface area (TPSA) is 79.8 Å². The number of hydrogen-bond donors (Lipinski definition) is 2. The van der Waals surface area contributed by atoms with E-state index < -0.39 is 11.8 Å². The van der Waals surface area contributed by atoms with Gasteiger partial charge in [-0.25, -0.2) is 5.43 Å². The van der Waals surface area contributed by atoms with Gasteiger partial charge < -0.3 is 10.1 Å². The molecule has 0 atom stereocenters. The summed E-state index contributed by atoms with van der Waals surface area (Å²) in [5, 5.41) is 6.98. The molecule has 6 nitrogen and oxygen atoms in total. The van der Waals surface area contributed by atoms with Gasteiger partial charge in [0, 0.05) is 22.7 Å². The summed E-state index contributed by atoms with van der Waals surface area (Å²) in [7, 11) is 0. The SMILES string of the molecule is CC(C)CNC(=O)C(=O)N/N=C\c1ccccc1OCc1ccccc1Cl. The summed E-state index contributed by atoms with van der Waals surface area (Å²) in [6.07, 6.45) is 1.43. The third kappa shape index (κ3) is 6.75. The lowest BCUT2D eigenvalue weighted by Crippen LogP contribution is -2.39. The van der Waals surface area contributed by atoms with Crippen molar-refractivity contribution in [2.75, 3.05) is 6.54 Å². The zero-order chi connectivity index (χ0) is 19.6. The molecule has 0 saturated heterocycles. The minimum atomic E-state index is -0.818. The Labute approximate surface area is 163 Å². The van der Waals surface area contributed by atoms with Crippen LogP contribution in [-0.4, -0.2) is 24.6 Å². The molecule has 0 aliphatic rings. The number of amides is 2. The molecule has 0 aromatic heterocycles. The summed E-state index contributed by atoms with van der Waals surface area (Å²) in [5.41, 5.74) is 3.73. The molecule has 0 heterocycles. The average molecular weight is 388 g/mol. The van der Waals surface area contributed by atoms with Crippen molar-refractivity contribution in [1.29, 1.82) is 0 Å². The number of benzene rings is 2. The van der Waals surface area contributed by atoms with Crippen LogP contribution in [0.2, 0.25) is 5.02 Å². The van der Waals surface area contributed by atoms with Gasteiger partial charge in [-0.3, -0.25) is 9.59 Å². The normalized spacial score (nSPS) is 10.8. The van der Waals surface area contributed by atoms with Crippen LogP contribution in [0.4, 0.5) is 0 Å². The average Bonchev–Trinajstić information content (AvgIpc) is 2.66. The first-order valence-corrected chi connectivity index (χ1v) is 8.91. The van der Waals surface area contributed by atoms with Crippen molar-refractivity contribution >= 4 is 29.6 Å². The van der Waals surface area contributed by atoms with E-state index in [0.29, 0.717) is 29.5 Å². The predicted octanol–water partition coefficient (Wildman–Crippen LogP) is 3.14. The minimum absolute atomic E-state index is 0.257. The minimum Gasteiger partial charge on any atom is -0.488 e. The van der Waals surface area contributed by atoms with Crippen LogP contribution in [0.15, 0.2) is 53.6 Å². The maximum Gasteiger partial charge on any atom is 0.329 e. The van der Waals surface area contributed by atoms with Crippen molar-refractivity contribution in [2.24, 2.45) is 11.0 Å². The molecule has 0 bridgehead atoms. The third-order valence-electron chi connectivity index (χ3n) is 3.51. The van der Waals surface area contributed by atoms with Gasteiger partial charge in [-0.05, 0) is 24.1 Å². The lowest BCUT2D eigenvalue weighted by atomic mass is 10.2. The lowest BCUT2D eigenvalue weighted by molar-refractivity contribution is -0.139. The monoisotopic (exact) mass is 387 g/mol. The summed E-state index contributed by atoms with van der Waals surface area (Å²) >= 11 is 6.13. The fourth-order valence-corrected chi connectivity index (χ4v) is 2.27. The molecule has 0 aliphatic heterocycles. The first-order chi connectivity index (χ1) is 13.0. The number of carbonyl (C=O) groups excluding carboxylic acids is 2. The highest BCUT2D eigenvalue weighted by Crippen LogP contribution is 2.20. The highest BCUT2D eigenvalue weighted by molar-refractivity contribution is 6.35. The second-order valence-corrected chi connectivity index (χ2v) is 6.63. The van der Waals surface area contributed by atoms with E-state index in [2.05, 4.69) is 15.8 Å². The first kappa shape index (κ1) is 20.5. The Hall–Kier alpha value is -2.86. The van der Waals surface area contributed by atoms with E-state index in [4.69, 9.17) is 16.3 Å². The molecule has 0 fully saturated rings. The Morgan fingerprint density at radius 2 is 1.81 bits per heavy atom. The standard InChI is InChI=1S/C20H22ClN3O3/c1-14(2)11-22-19(25)20(26)24-23-12-15-7-4-6-10-18(15)27-13-16-8-3-5-9-17(16)21/h3-10,12,14H,11,13H2,1-2H3,(H,22,25)(H,24,26)/b23-12-. The van der Waals surface area contributed by atoms with Crippen molar-refractivity contribution in [3.05, 3.63) is 64.7 Å². The third-order valence-corrected chi connectivity index (χ3v) is 3.88. The highest BCUT2D eigenvalue weighted by Gasteiger charge is 2.12. The molecule has 0 saturated carbocycles. The largest absolute Gasteiger partial charge is 0.488 e. The van der Waals surface area contributed by atoms with Crippen LogP contribution in [0.25, 0.3) is 0 Å². The van der Waals surface area contributed by atoms with Crippen molar-refractivity contribution in [3.8, 4) is 5.75 Å². The molecule has 2 amide bonds. The molecule has 142 valence electrons. The van der Waals surface area contributed by atoms with E-state index in [1.807, 2.05) is 44.2 Å². The van der Waals surface area contributed by atoms with Gasteiger partial charge in [-0.15, -0.1) is 0 Å². The molecule has 0 unspecified atom stereocenters. The van der Waals surface area contributed by atoms with Crippen molar-refractivity contribution in [2.45, 2.75) is 20.5 Å². The van der Waals surface area contributed by atoms with Gasteiger partial charge in [0.25, 0.3) is 0 Å². The van der Waals surface area contributed by atoms with E-state index >= 15 is 0 Å². The maximum atomic E-state index is 11.7. The Bertz CT molecular complexity index is 822. The van der Waals surface area contributed by atoms with E-state index in [1.165, 1.54) is 6.21 Å². The summed E-state index contributed by atoms with van der Waals surface area (Å²) in [6, 6.07) is 14.6. The molecule has 2 rings (SSSR count).